The highest BCUT2D eigenvalue weighted by molar-refractivity contribution is 7.92. The first kappa shape index (κ1) is 17.2. The molecule has 0 atom stereocenters. The molecule has 0 aliphatic heterocycles. The summed E-state index contributed by atoms with van der Waals surface area (Å²) in [5.74, 6) is -0.131. The summed E-state index contributed by atoms with van der Waals surface area (Å²) in [7, 11) is -5.98. The number of rotatable bonds is 7. The first-order chi connectivity index (χ1) is 9.15. The summed E-state index contributed by atoms with van der Waals surface area (Å²) in [4.78, 5) is -0.190. The van der Waals surface area contributed by atoms with Crippen LogP contribution < -0.4 is 9.86 Å². The smallest absolute Gasteiger partial charge is 0.238 e. The van der Waals surface area contributed by atoms with Crippen LogP contribution in [0.5, 0.6) is 0 Å². The van der Waals surface area contributed by atoms with E-state index in [9.17, 15) is 16.8 Å². The van der Waals surface area contributed by atoms with Gasteiger partial charge in [-0.15, -0.1) is 0 Å². The third kappa shape index (κ3) is 5.25. The zero-order valence-electron chi connectivity index (χ0n) is 10.7. The molecule has 0 saturated carbocycles. The molecule has 1 aromatic rings. The maximum atomic E-state index is 11.7. The highest BCUT2D eigenvalue weighted by Gasteiger charge is 2.15. The van der Waals surface area contributed by atoms with E-state index in [2.05, 4.69) is 4.72 Å². The minimum atomic E-state index is -3.88. The van der Waals surface area contributed by atoms with Crippen molar-refractivity contribution in [1.29, 1.82) is 0 Å². The molecule has 0 unspecified atom stereocenters. The molecule has 10 heteroatoms. The van der Waals surface area contributed by atoms with E-state index in [-0.39, 0.29) is 21.4 Å². The van der Waals surface area contributed by atoms with Crippen molar-refractivity contribution in [3.63, 3.8) is 0 Å². The topological polar surface area (TPSA) is 116 Å². The van der Waals surface area contributed by atoms with E-state index in [0.717, 1.165) is 6.07 Å². The molecule has 20 heavy (non-hydrogen) atoms. The number of hydrogen-bond acceptors (Lipinski definition) is 5. The first-order valence-corrected chi connectivity index (χ1v) is 9.05. The van der Waals surface area contributed by atoms with Crippen LogP contribution in [-0.2, 0) is 24.8 Å². The maximum absolute atomic E-state index is 11.7. The van der Waals surface area contributed by atoms with Gasteiger partial charge in [0.2, 0.25) is 20.0 Å². The van der Waals surface area contributed by atoms with Gasteiger partial charge in [0.1, 0.15) is 0 Å². The number of primary sulfonamides is 1. The number of methoxy groups -OCH3 is 1. The molecule has 0 bridgehead atoms. The predicted molar refractivity (Wildman–Crippen MR) is 76.7 cm³/mol. The summed E-state index contributed by atoms with van der Waals surface area (Å²) < 4.78 is 52.8. The van der Waals surface area contributed by atoms with Crippen LogP contribution in [-0.4, -0.2) is 36.3 Å². The van der Waals surface area contributed by atoms with Gasteiger partial charge in [0.15, 0.2) is 0 Å². The lowest BCUT2D eigenvalue weighted by Crippen LogP contribution is -2.18. The number of nitrogens with one attached hydrogen (secondary N) is 1. The molecule has 0 spiro atoms. The van der Waals surface area contributed by atoms with Gasteiger partial charge in [0.05, 0.1) is 21.4 Å². The van der Waals surface area contributed by atoms with Gasteiger partial charge in [0, 0.05) is 13.7 Å². The Labute approximate surface area is 123 Å². The Balaban J connectivity index is 2.89. The summed E-state index contributed by atoms with van der Waals surface area (Å²) >= 11 is 5.83. The number of benzene rings is 1. The van der Waals surface area contributed by atoms with Crippen LogP contribution in [0.1, 0.15) is 6.42 Å². The van der Waals surface area contributed by atoms with Crippen LogP contribution in [0.2, 0.25) is 5.02 Å². The highest BCUT2D eigenvalue weighted by Crippen LogP contribution is 2.25. The van der Waals surface area contributed by atoms with E-state index < -0.39 is 20.0 Å². The molecule has 0 amide bonds. The Hall–Kier alpha value is -0.870. The minimum absolute atomic E-state index is 0.0492. The molecule has 114 valence electrons. The Kier molecular flexibility index (Phi) is 5.78. The Bertz CT molecular complexity index is 673. The van der Waals surface area contributed by atoms with Gasteiger partial charge in [-0.25, -0.2) is 22.0 Å². The summed E-state index contributed by atoms with van der Waals surface area (Å²) in [6, 6.07) is 3.51. The molecule has 0 aliphatic carbocycles. The number of nitrogens with two attached hydrogens (primary N) is 1. The van der Waals surface area contributed by atoms with Gasteiger partial charge < -0.3 is 4.74 Å². The van der Waals surface area contributed by atoms with Crippen LogP contribution >= 0.6 is 11.6 Å². The fourth-order valence-electron chi connectivity index (χ4n) is 1.37. The number of sulfonamides is 2. The second-order valence-electron chi connectivity index (χ2n) is 3.95. The standard InChI is InChI=1S/C10H15ClN2O5S2/c1-18-5-2-6-19(14,15)13-10-4-3-8(7-9(10)11)20(12,16)17/h3-4,7,13H,2,5-6H2,1H3,(H2,12,16,17). The van der Waals surface area contributed by atoms with Gasteiger partial charge in [-0.05, 0) is 24.6 Å². The predicted octanol–water partition coefficient (Wildman–Crippen LogP) is 0.766. The van der Waals surface area contributed by atoms with Gasteiger partial charge in [0.25, 0.3) is 0 Å². The Morgan fingerprint density at radius 3 is 2.45 bits per heavy atom. The summed E-state index contributed by atoms with van der Waals surface area (Å²) in [6.45, 7) is 0.318. The molecule has 3 N–H and O–H groups in total. The van der Waals surface area contributed by atoms with Crippen molar-refractivity contribution in [3.05, 3.63) is 23.2 Å². The van der Waals surface area contributed by atoms with Crippen molar-refractivity contribution in [2.75, 3.05) is 24.2 Å². The van der Waals surface area contributed by atoms with Crippen LogP contribution in [0.25, 0.3) is 0 Å². The van der Waals surface area contributed by atoms with E-state index in [4.69, 9.17) is 21.5 Å². The minimum Gasteiger partial charge on any atom is -0.385 e. The normalized spacial score (nSPS) is 12.3. The second-order valence-corrected chi connectivity index (χ2v) is 7.76. The molecule has 0 heterocycles. The summed E-state index contributed by atoms with van der Waals surface area (Å²) in [6.07, 6.45) is 0.332. The van der Waals surface area contributed by atoms with Crippen molar-refractivity contribution >= 4 is 37.3 Å². The number of halogens is 1. The molecular weight excluding hydrogens is 328 g/mol. The zero-order chi connectivity index (χ0) is 15.4. The average Bonchev–Trinajstić information content (AvgIpc) is 2.30. The lowest BCUT2D eigenvalue weighted by molar-refractivity contribution is 0.199. The van der Waals surface area contributed by atoms with E-state index in [1.165, 1.54) is 19.2 Å². The molecule has 1 rings (SSSR count). The van der Waals surface area contributed by atoms with Crippen molar-refractivity contribution in [1.82, 2.24) is 0 Å². The van der Waals surface area contributed by atoms with E-state index in [1.54, 1.807) is 0 Å². The third-order valence-electron chi connectivity index (χ3n) is 2.30. The summed E-state index contributed by atoms with van der Waals surface area (Å²) in [5.41, 5.74) is 0.0940. The van der Waals surface area contributed by atoms with Gasteiger partial charge in [-0.3, -0.25) is 4.72 Å². The van der Waals surface area contributed by atoms with Crippen LogP contribution in [0.15, 0.2) is 23.1 Å². The molecule has 0 radical (unpaired) electrons. The highest BCUT2D eigenvalue weighted by atomic mass is 35.5. The molecule has 0 aromatic heterocycles. The summed E-state index contributed by atoms with van der Waals surface area (Å²) in [5, 5.41) is 4.90. The lowest BCUT2D eigenvalue weighted by atomic mass is 10.3. The van der Waals surface area contributed by atoms with Crippen LogP contribution in [0, 0.1) is 0 Å². The van der Waals surface area contributed by atoms with Crippen molar-refractivity contribution < 1.29 is 21.6 Å². The van der Waals surface area contributed by atoms with Crippen LogP contribution in [0.3, 0.4) is 0 Å². The SMILES string of the molecule is COCCCS(=O)(=O)Nc1ccc(S(N)(=O)=O)cc1Cl. The van der Waals surface area contributed by atoms with Gasteiger partial charge >= 0.3 is 0 Å². The Morgan fingerprint density at radius 2 is 1.95 bits per heavy atom. The molecule has 0 aliphatic rings. The fraction of sp³-hybridized carbons (Fsp3) is 0.400. The fourth-order valence-corrected chi connectivity index (χ4v) is 3.37. The van der Waals surface area contributed by atoms with Crippen molar-refractivity contribution in [2.24, 2.45) is 5.14 Å². The molecule has 1 aromatic carbocycles. The number of hydrogen-bond donors (Lipinski definition) is 2. The largest absolute Gasteiger partial charge is 0.385 e. The van der Waals surface area contributed by atoms with E-state index >= 15 is 0 Å². The molecule has 0 saturated heterocycles. The van der Waals surface area contributed by atoms with Crippen molar-refractivity contribution in [2.45, 2.75) is 11.3 Å². The number of anilines is 1. The quantitative estimate of drug-likeness (QED) is 0.710. The van der Waals surface area contributed by atoms with E-state index in [1.807, 2.05) is 0 Å². The molecule has 7 nitrogen and oxygen atoms in total. The molecular formula is C10H15ClN2O5S2. The molecule has 0 fully saturated rings. The second kappa shape index (κ2) is 6.72. The lowest BCUT2D eigenvalue weighted by Gasteiger charge is -2.10. The maximum Gasteiger partial charge on any atom is 0.238 e. The number of ether oxygens (including phenoxy) is 1. The Morgan fingerprint density at radius 1 is 1.30 bits per heavy atom. The monoisotopic (exact) mass is 342 g/mol. The van der Waals surface area contributed by atoms with E-state index in [0.29, 0.717) is 13.0 Å². The van der Waals surface area contributed by atoms with Gasteiger partial charge in [-0.1, -0.05) is 11.6 Å². The average molecular weight is 343 g/mol. The van der Waals surface area contributed by atoms with Gasteiger partial charge in [-0.2, -0.15) is 0 Å². The third-order valence-corrected chi connectivity index (χ3v) is 4.88. The zero-order valence-corrected chi connectivity index (χ0v) is 13.1. The first-order valence-electron chi connectivity index (χ1n) is 5.47. The van der Waals surface area contributed by atoms with Crippen molar-refractivity contribution in [3.8, 4) is 0 Å². The van der Waals surface area contributed by atoms with Crippen LogP contribution in [0.4, 0.5) is 5.69 Å².